The number of nitrogens with zero attached hydrogens (tertiary/aromatic N) is 5. The highest BCUT2D eigenvalue weighted by atomic mass is 19.1. The lowest BCUT2D eigenvalue weighted by Crippen LogP contribution is -2.35. The molecule has 2 rings (SSSR count). The van der Waals surface area contributed by atoms with Crippen LogP contribution in [0.4, 0.5) is 4.39 Å². The third-order valence-corrected chi connectivity index (χ3v) is 3.28. The topological polar surface area (TPSA) is 36.7 Å². The zero-order chi connectivity index (χ0) is 16.3. The van der Waals surface area contributed by atoms with E-state index in [0.717, 1.165) is 22.9 Å². The van der Waals surface area contributed by atoms with E-state index in [-0.39, 0.29) is 5.82 Å². The molecule has 1 aromatic carbocycles. The number of aliphatic imine (C=N–C) groups is 1. The van der Waals surface area contributed by atoms with Crippen molar-refractivity contribution >= 4 is 5.96 Å². The first-order valence-electron chi connectivity index (χ1n) is 7.08. The second-order valence-electron chi connectivity index (χ2n) is 5.57. The molecule has 0 radical (unpaired) electrons. The Morgan fingerprint density at radius 1 is 1.14 bits per heavy atom. The molecule has 0 atom stereocenters. The molecule has 0 spiro atoms. The van der Waals surface area contributed by atoms with Gasteiger partial charge in [-0.15, -0.1) is 0 Å². The molecule has 0 amide bonds. The van der Waals surface area contributed by atoms with Crippen LogP contribution < -0.4 is 0 Å². The van der Waals surface area contributed by atoms with E-state index < -0.39 is 0 Å². The Morgan fingerprint density at radius 2 is 1.73 bits per heavy atom. The number of halogens is 1. The molecule has 2 aromatic rings. The van der Waals surface area contributed by atoms with Crippen LogP contribution >= 0.6 is 0 Å². The summed E-state index contributed by atoms with van der Waals surface area (Å²) in [6, 6.07) is 6.28. The number of hydrogen-bond donors (Lipinski definition) is 0. The standard InChI is InChI=1S/C16H22FN5/c1-12-13(10-18-16(20(2)3)21(4)5)11-22(19-12)15-8-6-14(17)7-9-15/h6-9,11H,10H2,1-5H3. The lowest BCUT2D eigenvalue weighted by molar-refractivity contribution is 0.479. The van der Waals surface area contributed by atoms with Crippen LogP contribution in [-0.4, -0.2) is 53.7 Å². The zero-order valence-electron chi connectivity index (χ0n) is 13.7. The highest BCUT2D eigenvalue weighted by molar-refractivity contribution is 5.79. The van der Waals surface area contributed by atoms with Gasteiger partial charge in [-0.3, -0.25) is 0 Å². The highest BCUT2D eigenvalue weighted by Crippen LogP contribution is 2.13. The third kappa shape index (κ3) is 3.63. The number of rotatable bonds is 3. The Labute approximate surface area is 130 Å². The van der Waals surface area contributed by atoms with Crippen molar-refractivity contribution in [1.29, 1.82) is 0 Å². The Kier molecular flexibility index (Phi) is 4.80. The summed E-state index contributed by atoms with van der Waals surface area (Å²) in [7, 11) is 7.86. The lowest BCUT2D eigenvalue weighted by atomic mass is 10.2. The predicted molar refractivity (Wildman–Crippen MR) is 86.8 cm³/mol. The normalized spacial score (nSPS) is 10.5. The minimum absolute atomic E-state index is 0.251. The van der Waals surface area contributed by atoms with Crippen LogP contribution in [0.5, 0.6) is 0 Å². The fourth-order valence-electron chi connectivity index (χ4n) is 2.22. The van der Waals surface area contributed by atoms with Gasteiger partial charge in [0.15, 0.2) is 5.96 Å². The molecule has 5 nitrogen and oxygen atoms in total. The van der Waals surface area contributed by atoms with Crippen molar-refractivity contribution in [2.75, 3.05) is 28.2 Å². The van der Waals surface area contributed by atoms with E-state index in [2.05, 4.69) is 10.1 Å². The molecule has 0 fully saturated rings. The SMILES string of the molecule is Cc1nn(-c2ccc(F)cc2)cc1CN=C(N(C)C)N(C)C. The number of benzene rings is 1. The van der Waals surface area contributed by atoms with Crippen molar-refractivity contribution in [3.8, 4) is 5.69 Å². The van der Waals surface area contributed by atoms with Gasteiger partial charge in [0.1, 0.15) is 5.82 Å². The molecular formula is C16H22FN5. The van der Waals surface area contributed by atoms with Gasteiger partial charge in [0.2, 0.25) is 0 Å². The van der Waals surface area contributed by atoms with Crippen molar-refractivity contribution in [1.82, 2.24) is 19.6 Å². The quantitative estimate of drug-likeness (QED) is 0.645. The van der Waals surface area contributed by atoms with Gasteiger partial charge < -0.3 is 9.80 Å². The molecular weight excluding hydrogens is 281 g/mol. The molecule has 6 heteroatoms. The molecule has 118 valence electrons. The lowest BCUT2D eigenvalue weighted by Gasteiger charge is -2.22. The van der Waals surface area contributed by atoms with E-state index in [1.807, 2.05) is 51.1 Å². The molecule has 0 saturated carbocycles. The van der Waals surface area contributed by atoms with Gasteiger partial charge in [0, 0.05) is 40.0 Å². The van der Waals surface area contributed by atoms with Gasteiger partial charge in [-0.05, 0) is 31.2 Å². The summed E-state index contributed by atoms with van der Waals surface area (Å²) in [6.07, 6.45) is 1.94. The zero-order valence-corrected chi connectivity index (χ0v) is 13.7. The largest absolute Gasteiger partial charge is 0.349 e. The van der Waals surface area contributed by atoms with Crippen LogP contribution in [0.1, 0.15) is 11.3 Å². The second-order valence-corrected chi connectivity index (χ2v) is 5.57. The maximum Gasteiger partial charge on any atom is 0.195 e. The molecule has 0 unspecified atom stereocenters. The van der Waals surface area contributed by atoms with Gasteiger partial charge in [-0.1, -0.05) is 0 Å². The summed E-state index contributed by atoms with van der Waals surface area (Å²) in [6.45, 7) is 2.51. The average Bonchev–Trinajstić information content (AvgIpc) is 2.80. The third-order valence-electron chi connectivity index (χ3n) is 3.28. The van der Waals surface area contributed by atoms with Crippen molar-refractivity contribution in [2.24, 2.45) is 4.99 Å². The molecule has 0 aliphatic rings. The summed E-state index contributed by atoms with van der Waals surface area (Å²) < 4.78 is 14.7. The summed E-state index contributed by atoms with van der Waals surface area (Å²) in [4.78, 5) is 8.57. The number of guanidine groups is 1. The molecule has 0 N–H and O–H groups in total. The van der Waals surface area contributed by atoms with Gasteiger partial charge in [-0.2, -0.15) is 5.10 Å². The van der Waals surface area contributed by atoms with E-state index in [0.29, 0.717) is 6.54 Å². The first-order valence-corrected chi connectivity index (χ1v) is 7.08. The van der Waals surface area contributed by atoms with E-state index in [1.165, 1.54) is 12.1 Å². The van der Waals surface area contributed by atoms with E-state index in [9.17, 15) is 4.39 Å². The van der Waals surface area contributed by atoms with E-state index >= 15 is 0 Å². The van der Waals surface area contributed by atoms with E-state index in [1.54, 1.807) is 16.8 Å². The van der Waals surface area contributed by atoms with Crippen LogP contribution in [0, 0.1) is 12.7 Å². The Balaban J connectivity index is 2.23. The molecule has 0 aliphatic heterocycles. The van der Waals surface area contributed by atoms with Crippen LogP contribution in [0.15, 0.2) is 35.5 Å². The first-order chi connectivity index (χ1) is 10.4. The Bertz CT molecular complexity index is 646. The van der Waals surface area contributed by atoms with Crippen LogP contribution in [0.3, 0.4) is 0 Å². The van der Waals surface area contributed by atoms with Crippen LogP contribution in [0.25, 0.3) is 5.69 Å². The highest BCUT2D eigenvalue weighted by Gasteiger charge is 2.08. The van der Waals surface area contributed by atoms with Crippen molar-refractivity contribution < 1.29 is 4.39 Å². The summed E-state index contributed by atoms with van der Waals surface area (Å²) >= 11 is 0. The van der Waals surface area contributed by atoms with Gasteiger partial charge >= 0.3 is 0 Å². The summed E-state index contributed by atoms with van der Waals surface area (Å²) in [5, 5.41) is 4.48. The molecule has 0 aliphatic carbocycles. The number of aryl methyl sites for hydroxylation is 1. The van der Waals surface area contributed by atoms with Crippen molar-refractivity contribution in [3.63, 3.8) is 0 Å². The second kappa shape index (κ2) is 6.60. The van der Waals surface area contributed by atoms with Crippen molar-refractivity contribution in [2.45, 2.75) is 13.5 Å². The van der Waals surface area contributed by atoms with E-state index in [4.69, 9.17) is 0 Å². The molecule has 0 saturated heterocycles. The maximum absolute atomic E-state index is 13.0. The van der Waals surface area contributed by atoms with Gasteiger partial charge in [-0.25, -0.2) is 14.1 Å². The molecule has 0 bridgehead atoms. The first kappa shape index (κ1) is 16.0. The van der Waals surface area contributed by atoms with Gasteiger partial charge in [0.05, 0.1) is 17.9 Å². The van der Waals surface area contributed by atoms with Crippen LogP contribution in [0.2, 0.25) is 0 Å². The number of aromatic nitrogens is 2. The maximum atomic E-state index is 13.0. The fourth-order valence-corrected chi connectivity index (χ4v) is 2.22. The Morgan fingerprint density at radius 3 is 2.27 bits per heavy atom. The van der Waals surface area contributed by atoms with Crippen molar-refractivity contribution in [3.05, 3.63) is 47.5 Å². The monoisotopic (exact) mass is 303 g/mol. The van der Waals surface area contributed by atoms with Gasteiger partial charge in [0.25, 0.3) is 0 Å². The fraction of sp³-hybridized carbons (Fsp3) is 0.375. The summed E-state index contributed by atoms with van der Waals surface area (Å²) in [5.74, 6) is 0.646. The molecule has 1 aromatic heterocycles. The Hall–Kier alpha value is -2.37. The molecule has 22 heavy (non-hydrogen) atoms. The number of hydrogen-bond acceptors (Lipinski definition) is 2. The molecule has 1 heterocycles. The minimum Gasteiger partial charge on any atom is -0.349 e. The summed E-state index contributed by atoms with van der Waals surface area (Å²) in [5.41, 5.74) is 2.80. The van der Waals surface area contributed by atoms with Crippen LogP contribution in [-0.2, 0) is 6.54 Å². The predicted octanol–water partition coefficient (Wildman–Crippen LogP) is 2.30. The average molecular weight is 303 g/mol. The smallest absolute Gasteiger partial charge is 0.195 e. The minimum atomic E-state index is -0.251.